The molecular formula is C5H8N3O6P. The van der Waals surface area contributed by atoms with E-state index in [0.717, 1.165) is 6.20 Å². The minimum Gasteiger partial charge on any atom is -0.383 e. The van der Waals surface area contributed by atoms with Gasteiger partial charge < -0.3 is 15.5 Å². The number of nitrogens with two attached hydrogens (primary N) is 1. The maximum Gasteiger partial charge on any atom is 0.548 e. The SMILES string of the molecule is Nc1ccn(OP(=O)(O)OCO)c(=O)n1. The molecule has 4 N–H and O–H groups in total. The van der Waals surface area contributed by atoms with Gasteiger partial charge >= 0.3 is 13.5 Å². The summed E-state index contributed by atoms with van der Waals surface area (Å²) in [5.41, 5.74) is 4.19. The third kappa shape index (κ3) is 3.33. The van der Waals surface area contributed by atoms with Crippen molar-refractivity contribution in [3.05, 3.63) is 22.7 Å². The molecular weight excluding hydrogens is 229 g/mol. The fourth-order valence-corrected chi connectivity index (χ4v) is 1.21. The molecule has 0 radical (unpaired) electrons. The summed E-state index contributed by atoms with van der Waals surface area (Å²) in [6.07, 6.45) is 0.994. The van der Waals surface area contributed by atoms with Crippen LogP contribution in [-0.4, -0.2) is 26.5 Å². The van der Waals surface area contributed by atoms with Gasteiger partial charge in [-0.2, -0.15) is 4.98 Å². The Morgan fingerprint density at radius 2 is 2.33 bits per heavy atom. The van der Waals surface area contributed by atoms with E-state index < -0.39 is 20.3 Å². The topological polar surface area (TPSA) is 137 Å². The maximum absolute atomic E-state index is 11.0. The molecule has 0 bridgehead atoms. The minimum atomic E-state index is -4.52. The number of hydrogen-bond acceptors (Lipinski definition) is 7. The molecule has 1 rings (SSSR count). The van der Waals surface area contributed by atoms with Gasteiger partial charge in [-0.15, -0.1) is 4.73 Å². The summed E-state index contributed by atoms with van der Waals surface area (Å²) in [6.45, 7) is -1.02. The molecule has 1 aromatic rings. The highest BCUT2D eigenvalue weighted by atomic mass is 31.2. The number of hydrogen-bond donors (Lipinski definition) is 3. The van der Waals surface area contributed by atoms with Crippen LogP contribution in [0.1, 0.15) is 0 Å². The van der Waals surface area contributed by atoms with Gasteiger partial charge in [0.2, 0.25) is 0 Å². The molecule has 1 atom stereocenters. The Balaban J connectivity index is 2.90. The van der Waals surface area contributed by atoms with Crippen LogP contribution in [0.5, 0.6) is 0 Å². The Kier molecular flexibility index (Phi) is 3.43. The van der Waals surface area contributed by atoms with E-state index in [-0.39, 0.29) is 5.82 Å². The molecule has 15 heavy (non-hydrogen) atoms. The van der Waals surface area contributed by atoms with E-state index in [4.69, 9.17) is 15.7 Å². The van der Waals surface area contributed by atoms with Gasteiger partial charge in [-0.05, 0) is 0 Å². The smallest absolute Gasteiger partial charge is 0.383 e. The van der Waals surface area contributed by atoms with Crippen molar-refractivity contribution < 1.29 is 23.7 Å². The molecule has 0 saturated heterocycles. The predicted octanol–water partition coefficient (Wildman–Crippen LogP) is -1.68. The Morgan fingerprint density at radius 1 is 1.67 bits per heavy atom. The first kappa shape index (κ1) is 11.7. The number of aliphatic hydroxyl groups is 1. The van der Waals surface area contributed by atoms with Crippen molar-refractivity contribution in [2.45, 2.75) is 0 Å². The maximum atomic E-state index is 11.0. The van der Waals surface area contributed by atoms with E-state index in [1.807, 2.05) is 0 Å². The van der Waals surface area contributed by atoms with Crippen LogP contribution >= 0.6 is 7.82 Å². The van der Waals surface area contributed by atoms with Gasteiger partial charge in [-0.25, -0.2) is 13.9 Å². The highest BCUT2D eigenvalue weighted by Gasteiger charge is 2.23. The van der Waals surface area contributed by atoms with Gasteiger partial charge in [0.05, 0.1) is 6.20 Å². The fraction of sp³-hybridized carbons (Fsp3) is 0.200. The molecule has 0 amide bonds. The number of anilines is 1. The highest BCUT2D eigenvalue weighted by molar-refractivity contribution is 7.47. The molecule has 9 nitrogen and oxygen atoms in total. The van der Waals surface area contributed by atoms with Crippen molar-refractivity contribution >= 4 is 13.6 Å². The van der Waals surface area contributed by atoms with E-state index in [0.29, 0.717) is 4.73 Å². The summed E-state index contributed by atoms with van der Waals surface area (Å²) in [5.74, 6) is -0.0595. The number of phosphoric acid groups is 1. The zero-order valence-corrected chi connectivity index (χ0v) is 8.20. The van der Waals surface area contributed by atoms with Gasteiger partial charge in [0.25, 0.3) is 0 Å². The predicted molar refractivity (Wildman–Crippen MR) is 47.5 cm³/mol. The van der Waals surface area contributed by atoms with Crippen molar-refractivity contribution in [1.29, 1.82) is 0 Å². The van der Waals surface area contributed by atoms with Crippen LogP contribution in [-0.2, 0) is 9.09 Å². The number of nitrogen functional groups attached to an aromatic ring is 1. The van der Waals surface area contributed by atoms with Crippen LogP contribution in [0.25, 0.3) is 0 Å². The summed E-state index contributed by atoms with van der Waals surface area (Å²) in [4.78, 5) is 23.1. The van der Waals surface area contributed by atoms with E-state index in [1.165, 1.54) is 6.07 Å². The Morgan fingerprint density at radius 3 is 2.87 bits per heavy atom. The van der Waals surface area contributed by atoms with E-state index in [1.54, 1.807) is 0 Å². The van der Waals surface area contributed by atoms with E-state index in [9.17, 15) is 9.36 Å². The van der Waals surface area contributed by atoms with E-state index in [2.05, 4.69) is 14.1 Å². The molecule has 0 aromatic carbocycles. The molecule has 0 aliphatic rings. The van der Waals surface area contributed by atoms with Gasteiger partial charge in [0, 0.05) is 6.07 Å². The summed E-state index contributed by atoms with van der Waals surface area (Å²) < 4.78 is 19.5. The molecule has 0 fully saturated rings. The Bertz CT molecular complexity index is 445. The van der Waals surface area contributed by atoms with Gasteiger partial charge in [-0.3, -0.25) is 4.89 Å². The Hall–Kier alpha value is -1.41. The lowest BCUT2D eigenvalue weighted by atomic mass is 10.6. The summed E-state index contributed by atoms with van der Waals surface area (Å²) in [6, 6.07) is 1.18. The number of rotatable bonds is 4. The molecule has 1 unspecified atom stereocenters. The number of nitrogens with zero attached hydrogens (tertiary/aromatic N) is 2. The molecule has 1 aromatic heterocycles. The summed E-state index contributed by atoms with van der Waals surface area (Å²) in [7, 11) is -4.52. The van der Waals surface area contributed by atoms with Crippen molar-refractivity contribution in [3.63, 3.8) is 0 Å². The zero-order chi connectivity index (χ0) is 11.5. The first-order chi connectivity index (χ1) is 6.94. The minimum absolute atomic E-state index is 0.0595. The second-order valence-corrected chi connectivity index (χ2v) is 3.63. The largest absolute Gasteiger partial charge is 0.548 e. The van der Waals surface area contributed by atoms with Gasteiger partial charge in [0.15, 0.2) is 6.79 Å². The number of aliphatic hydroxyl groups excluding tert-OH is 1. The highest BCUT2D eigenvalue weighted by Crippen LogP contribution is 2.38. The summed E-state index contributed by atoms with van der Waals surface area (Å²) in [5, 5.41) is 8.24. The number of phosphoric ester groups is 1. The van der Waals surface area contributed by atoms with Crippen molar-refractivity contribution in [1.82, 2.24) is 9.71 Å². The zero-order valence-electron chi connectivity index (χ0n) is 7.31. The van der Waals surface area contributed by atoms with Crippen LogP contribution in [0.15, 0.2) is 17.1 Å². The monoisotopic (exact) mass is 237 g/mol. The van der Waals surface area contributed by atoms with Crippen LogP contribution in [0, 0.1) is 0 Å². The quantitative estimate of drug-likeness (QED) is 0.417. The lowest BCUT2D eigenvalue weighted by Gasteiger charge is -2.11. The van der Waals surface area contributed by atoms with Gasteiger partial charge in [-0.1, -0.05) is 0 Å². The lowest BCUT2D eigenvalue weighted by Crippen LogP contribution is -2.28. The van der Waals surface area contributed by atoms with Crippen LogP contribution < -0.4 is 16.0 Å². The average molecular weight is 237 g/mol. The molecule has 10 heteroatoms. The number of aromatic nitrogens is 2. The normalized spacial score (nSPS) is 14.5. The molecule has 1 heterocycles. The molecule has 0 aliphatic carbocycles. The van der Waals surface area contributed by atoms with Gasteiger partial charge in [0.1, 0.15) is 5.82 Å². The van der Waals surface area contributed by atoms with Crippen molar-refractivity contribution in [2.24, 2.45) is 0 Å². The standard InChI is InChI=1S/C5H8N3O6P/c6-4-1-2-8(5(10)7-4)14-15(11,12)13-3-9/h1-2,9H,3H2,(H,11,12)(H2,6,7,10). The second-order valence-electron chi connectivity index (χ2n) is 2.27. The third-order valence-corrected chi connectivity index (χ3v) is 2.03. The van der Waals surface area contributed by atoms with E-state index >= 15 is 0 Å². The third-order valence-electron chi connectivity index (χ3n) is 1.21. The first-order valence-corrected chi connectivity index (χ1v) is 5.07. The van der Waals surface area contributed by atoms with Crippen LogP contribution in [0.2, 0.25) is 0 Å². The molecule has 0 saturated carbocycles. The molecule has 0 spiro atoms. The second kappa shape index (κ2) is 4.41. The lowest BCUT2D eigenvalue weighted by molar-refractivity contribution is 0.0469. The molecule has 84 valence electrons. The van der Waals surface area contributed by atoms with Crippen LogP contribution in [0.4, 0.5) is 5.82 Å². The van der Waals surface area contributed by atoms with Crippen LogP contribution in [0.3, 0.4) is 0 Å². The van der Waals surface area contributed by atoms with Crippen molar-refractivity contribution in [2.75, 3.05) is 12.5 Å². The molecule has 0 aliphatic heterocycles. The average Bonchev–Trinajstić information content (AvgIpc) is 2.09. The first-order valence-electron chi connectivity index (χ1n) is 3.58. The summed E-state index contributed by atoms with van der Waals surface area (Å²) >= 11 is 0. The fourth-order valence-electron chi connectivity index (χ4n) is 0.675. The Labute approximate surface area is 83.3 Å². The van der Waals surface area contributed by atoms with Crippen molar-refractivity contribution in [3.8, 4) is 0 Å².